The topological polar surface area (TPSA) is 93.9 Å². The number of nitrogens with one attached hydrogen (secondary N) is 2. The Kier molecular flexibility index (Phi) is 6.21. The summed E-state index contributed by atoms with van der Waals surface area (Å²) >= 11 is 0. The van der Waals surface area contributed by atoms with E-state index in [2.05, 4.69) is 25.5 Å². The Labute approximate surface area is 159 Å². The number of aryl methyl sites for hydroxylation is 1. The maximum Gasteiger partial charge on any atom is 0.251 e. The molecule has 27 heavy (non-hydrogen) atoms. The number of hydrogen-bond acceptors (Lipinski definition) is 6. The van der Waals surface area contributed by atoms with Crippen molar-refractivity contribution in [2.24, 2.45) is 0 Å². The molecule has 0 bridgehead atoms. The van der Waals surface area contributed by atoms with Gasteiger partial charge in [0.05, 0.1) is 11.6 Å². The average molecular weight is 364 g/mol. The zero-order valence-electron chi connectivity index (χ0n) is 15.5. The normalized spacial score (nSPS) is 13.7. The van der Waals surface area contributed by atoms with Gasteiger partial charge in [0, 0.05) is 43.5 Å². The van der Waals surface area contributed by atoms with Gasteiger partial charge in [0.15, 0.2) is 0 Å². The smallest absolute Gasteiger partial charge is 0.251 e. The van der Waals surface area contributed by atoms with E-state index in [1.54, 1.807) is 24.3 Å². The lowest BCUT2D eigenvalue weighted by molar-refractivity contribution is 0.0955. The summed E-state index contributed by atoms with van der Waals surface area (Å²) in [5, 5.41) is 14.9. The quantitative estimate of drug-likeness (QED) is 0.765. The van der Waals surface area contributed by atoms with E-state index in [-0.39, 0.29) is 5.91 Å². The largest absolute Gasteiger partial charge is 0.356 e. The van der Waals surface area contributed by atoms with E-state index in [1.807, 2.05) is 19.1 Å². The molecule has 0 radical (unpaired) electrons. The monoisotopic (exact) mass is 364 g/mol. The molecule has 1 aromatic carbocycles. The highest BCUT2D eigenvalue weighted by atomic mass is 16.1. The molecule has 140 valence electrons. The van der Waals surface area contributed by atoms with Crippen molar-refractivity contribution in [3.63, 3.8) is 0 Å². The van der Waals surface area contributed by atoms with Crippen molar-refractivity contribution in [3.05, 3.63) is 47.2 Å². The van der Waals surface area contributed by atoms with Crippen LogP contribution in [0.5, 0.6) is 0 Å². The van der Waals surface area contributed by atoms with Gasteiger partial charge >= 0.3 is 0 Å². The fourth-order valence-electron chi connectivity index (χ4n) is 3.10. The number of amides is 1. The van der Waals surface area contributed by atoms with Crippen LogP contribution in [0.3, 0.4) is 0 Å². The molecule has 1 aliphatic rings. The summed E-state index contributed by atoms with van der Waals surface area (Å²) in [4.78, 5) is 23.5. The molecule has 1 aliphatic heterocycles. The number of carbonyl (C=O) groups is 1. The number of nitrogens with zero attached hydrogens (tertiary/aromatic N) is 4. The number of benzene rings is 1. The van der Waals surface area contributed by atoms with Crippen LogP contribution in [-0.4, -0.2) is 42.1 Å². The molecular formula is C20H24N6O. The highest BCUT2D eigenvalue weighted by molar-refractivity contribution is 5.94. The molecule has 0 saturated carbocycles. The number of piperidine rings is 1. The van der Waals surface area contributed by atoms with E-state index in [4.69, 9.17) is 5.26 Å². The van der Waals surface area contributed by atoms with Gasteiger partial charge in [0.1, 0.15) is 5.82 Å². The van der Waals surface area contributed by atoms with Crippen LogP contribution >= 0.6 is 0 Å². The molecule has 1 fully saturated rings. The van der Waals surface area contributed by atoms with Crippen LogP contribution in [0.4, 0.5) is 11.8 Å². The van der Waals surface area contributed by atoms with Crippen molar-refractivity contribution >= 4 is 17.7 Å². The number of nitriles is 1. The minimum absolute atomic E-state index is 0.201. The van der Waals surface area contributed by atoms with Gasteiger partial charge in [-0.25, -0.2) is 4.98 Å². The van der Waals surface area contributed by atoms with E-state index in [9.17, 15) is 4.79 Å². The van der Waals surface area contributed by atoms with Crippen LogP contribution in [-0.2, 0) is 0 Å². The summed E-state index contributed by atoms with van der Waals surface area (Å²) in [6.07, 6.45) is 3.68. The van der Waals surface area contributed by atoms with Gasteiger partial charge < -0.3 is 15.5 Å². The lowest BCUT2D eigenvalue weighted by atomic mass is 10.1. The molecule has 0 spiro atoms. The zero-order valence-corrected chi connectivity index (χ0v) is 15.5. The molecule has 1 amide bonds. The molecule has 7 heteroatoms. The van der Waals surface area contributed by atoms with E-state index in [0.29, 0.717) is 30.2 Å². The summed E-state index contributed by atoms with van der Waals surface area (Å²) in [6, 6.07) is 10.7. The predicted molar refractivity (Wildman–Crippen MR) is 105 cm³/mol. The Hall–Kier alpha value is -3.14. The number of hydrogen-bond donors (Lipinski definition) is 2. The number of carbonyl (C=O) groups excluding carboxylic acids is 1. The van der Waals surface area contributed by atoms with Crippen molar-refractivity contribution < 1.29 is 4.79 Å². The van der Waals surface area contributed by atoms with Crippen LogP contribution in [0.25, 0.3) is 0 Å². The molecule has 0 aliphatic carbocycles. The summed E-state index contributed by atoms with van der Waals surface area (Å²) in [5.74, 6) is 1.34. The second-order valence-electron chi connectivity index (χ2n) is 6.61. The van der Waals surface area contributed by atoms with Crippen LogP contribution < -0.4 is 15.5 Å². The van der Waals surface area contributed by atoms with E-state index < -0.39 is 0 Å². The SMILES string of the molecule is Cc1cc(N2CCCCC2)nc(NCCNC(=O)c2cccc(C#N)c2)n1. The van der Waals surface area contributed by atoms with Crippen LogP contribution in [0.15, 0.2) is 30.3 Å². The highest BCUT2D eigenvalue weighted by Gasteiger charge is 2.13. The second kappa shape index (κ2) is 8.99. The Morgan fingerprint density at radius 3 is 2.78 bits per heavy atom. The molecular weight excluding hydrogens is 340 g/mol. The Bertz CT molecular complexity index is 839. The van der Waals surface area contributed by atoms with Crippen LogP contribution in [0.2, 0.25) is 0 Å². The number of anilines is 2. The minimum atomic E-state index is -0.201. The summed E-state index contributed by atoms with van der Waals surface area (Å²) in [7, 11) is 0. The lowest BCUT2D eigenvalue weighted by Crippen LogP contribution is -2.31. The van der Waals surface area contributed by atoms with Gasteiger partial charge in [0.25, 0.3) is 5.91 Å². The Morgan fingerprint density at radius 2 is 2.00 bits per heavy atom. The molecule has 1 saturated heterocycles. The van der Waals surface area contributed by atoms with Gasteiger partial charge in [-0.1, -0.05) is 6.07 Å². The standard InChI is InChI=1S/C20H24N6O/c1-15-12-18(26-10-3-2-4-11-26)25-20(24-15)23-9-8-22-19(27)17-7-5-6-16(13-17)14-21/h5-7,12-13H,2-4,8-11H2,1H3,(H,22,27)(H,23,24,25). The van der Waals surface area contributed by atoms with Gasteiger partial charge in [0.2, 0.25) is 5.95 Å². The third kappa shape index (κ3) is 5.17. The van der Waals surface area contributed by atoms with Gasteiger partial charge in [-0.15, -0.1) is 0 Å². The van der Waals surface area contributed by atoms with Crippen molar-refractivity contribution in [3.8, 4) is 6.07 Å². The predicted octanol–water partition coefficient (Wildman–Crippen LogP) is 2.49. The molecule has 0 unspecified atom stereocenters. The fraction of sp³-hybridized carbons (Fsp3) is 0.400. The summed E-state index contributed by atoms with van der Waals surface area (Å²) in [5.41, 5.74) is 1.87. The fourth-order valence-corrected chi connectivity index (χ4v) is 3.10. The molecule has 2 aromatic rings. The third-order valence-corrected chi connectivity index (χ3v) is 4.47. The van der Waals surface area contributed by atoms with Crippen LogP contribution in [0, 0.1) is 18.3 Å². The first-order valence-corrected chi connectivity index (χ1v) is 9.28. The number of rotatable bonds is 6. The lowest BCUT2D eigenvalue weighted by Gasteiger charge is -2.28. The van der Waals surface area contributed by atoms with Crippen molar-refractivity contribution in [2.75, 3.05) is 36.4 Å². The first-order valence-electron chi connectivity index (χ1n) is 9.28. The van der Waals surface area contributed by atoms with Crippen molar-refractivity contribution in [1.82, 2.24) is 15.3 Å². The molecule has 2 N–H and O–H groups in total. The van der Waals surface area contributed by atoms with Gasteiger partial charge in [-0.2, -0.15) is 10.2 Å². The number of aromatic nitrogens is 2. The minimum Gasteiger partial charge on any atom is -0.356 e. The average Bonchev–Trinajstić information content (AvgIpc) is 2.71. The molecule has 3 rings (SSSR count). The molecule has 2 heterocycles. The third-order valence-electron chi connectivity index (χ3n) is 4.47. The summed E-state index contributed by atoms with van der Waals surface area (Å²) in [6.45, 7) is 4.99. The van der Waals surface area contributed by atoms with E-state index in [0.717, 1.165) is 24.6 Å². The molecule has 1 aromatic heterocycles. The van der Waals surface area contributed by atoms with E-state index >= 15 is 0 Å². The zero-order chi connectivity index (χ0) is 19.1. The first kappa shape index (κ1) is 18.6. The van der Waals surface area contributed by atoms with E-state index in [1.165, 1.54) is 19.3 Å². The van der Waals surface area contributed by atoms with Crippen molar-refractivity contribution in [2.45, 2.75) is 26.2 Å². The maximum atomic E-state index is 12.2. The Morgan fingerprint density at radius 1 is 1.19 bits per heavy atom. The second-order valence-corrected chi connectivity index (χ2v) is 6.61. The van der Waals surface area contributed by atoms with Gasteiger partial charge in [-0.05, 0) is 44.4 Å². The van der Waals surface area contributed by atoms with Crippen LogP contribution in [0.1, 0.15) is 40.9 Å². The first-order chi connectivity index (χ1) is 13.2. The highest BCUT2D eigenvalue weighted by Crippen LogP contribution is 2.19. The Balaban J connectivity index is 1.52. The molecule has 7 nitrogen and oxygen atoms in total. The van der Waals surface area contributed by atoms with Crippen molar-refractivity contribution in [1.29, 1.82) is 5.26 Å². The molecule has 0 atom stereocenters. The van der Waals surface area contributed by atoms with Gasteiger partial charge in [-0.3, -0.25) is 4.79 Å². The maximum absolute atomic E-state index is 12.2. The summed E-state index contributed by atoms with van der Waals surface area (Å²) < 4.78 is 0.